The zero-order valence-electron chi connectivity index (χ0n) is 41.5. The first-order valence-electron chi connectivity index (χ1n) is 26.1. The zero-order chi connectivity index (χ0) is 49.5. The molecule has 0 saturated carbocycles. The molecule has 3 heterocycles. The molecule has 0 spiro atoms. The molecule has 75 heavy (non-hydrogen) atoms. The van der Waals surface area contributed by atoms with Gasteiger partial charge in [0.25, 0.3) is 0 Å². The van der Waals surface area contributed by atoms with E-state index in [0.29, 0.717) is 0 Å². The van der Waals surface area contributed by atoms with Crippen molar-refractivity contribution in [3.8, 4) is 39.1 Å². The van der Waals surface area contributed by atoms with Crippen LogP contribution in [0.3, 0.4) is 0 Å². The third-order valence-corrected chi connectivity index (χ3v) is 21.6. The number of aryl methyl sites for hydroxylation is 2. The Bertz CT molecular complexity index is 4800. The molecule has 3 heteroatoms. The van der Waals surface area contributed by atoms with Crippen LogP contribution in [0.15, 0.2) is 253 Å². The summed E-state index contributed by atoms with van der Waals surface area (Å²) in [6.45, 7) is 4.41. The summed E-state index contributed by atoms with van der Waals surface area (Å²) >= 11 is 0. The summed E-state index contributed by atoms with van der Waals surface area (Å²) in [5, 5.41) is 20.7. The fourth-order valence-corrected chi connectivity index (χ4v) is 18.6. The Morgan fingerprint density at radius 1 is 0.347 bits per heavy atom. The first-order chi connectivity index (χ1) is 37.0. The fourth-order valence-electron chi connectivity index (χ4n) is 13.4. The predicted octanol–water partition coefficient (Wildman–Crippen LogP) is 16.6. The minimum absolute atomic E-state index is 0.895. The molecule has 0 bridgehead atoms. The second kappa shape index (κ2) is 15.9. The van der Waals surface area contributed by atoms with Crippen molar-refractivity contribution in [1.82, 2.24) is 4.57 Å². The van der Waals surface area contributed by atoms with Crippen LogP contribution in [0.1, 0.15) is 11.1 Å². The molecule has 0 atom stereocenters. The molecule has 15 aromatic rings. The van der Waals surface area contributed by atoms with E-state index in [2.05, 4.69) is 267 Å². The number of rotatable bonds is 5. The first kappa shape index (κ1) is 42.2. The van der Waals surface area contributed by atoms with E-state index < -0.39 is 8.07 Å². The number of para-hydroxylation sites is 4. The number of aromatic nitrogens is 1. The molecule has 0 unspecified atom stereocenters. The molecule has 1 aliphatic heterocycles. The van der Waals surface area contributed by atoms with Crippen LogP contribution in [0.5, 0.6) is 0 Å². The van der Waals surface area contributed by atoms with Gasteiger partial charge >= 0.3 is 0 Å². The van der Waals surface area contributed by atoms with Gasteiger partial charge in [-0.2, -0.15) is 0 Å². The van der Waals surface area contributed by atoms with Gasteiger partial charge in [-0.15, -0.1) is 0 Å². The van der Waals surface area contributed by atoms with Crippen LogP contribution in [-0.2, 0) is 0 Å². The lowest BCUT2D eigenvalue weighted by atomic mass is 9.87. The summed E-state index contributed by atoms with van der Waals surface area (Å²) in [6.07, 6.45) is 0. The molecular formula is C72H47NOSi. The summed E-state index contributed by atoms with van der Waals surface area (Å²) in [7, 11) is -2.88. The van der Waals surface area contributed by atoms with Crippen molar-refractivity contribution in [2.45, 2.75) is 13.8 Å². The summed E-state index contributed by atoms with van der Waals surface area (Å²) in [4.78, 5) is 0. The molecule has 0 saturated heterocycles. The molecule has 350 valence electrons. The van der Waals surface area contributed by atoms with E-state index in [4.69, 9.17) is 4.42 Å². The highest BCUT2D eigenvalue weighted by Crippen LogP contribution is 2.47. The summed E-state index contributed by atoms with van der Waals surface area (Å²) < 4.78 is 9.22. The van der Waals surface area contributed by atoms with Crippen LogP contribution in [0.4, 0.5) is 0 Å². The van der Waals surface area contributed by atoms with Gasteiger partial charge in [0.05, 0.1) is 11.0 Å². The van der Waals surface area contributed by atoms with Gasteiger partial charge in [-0.25, -0.2) is 0 Å². The smallest absolute Gasteiger partial charge is 0.180 e. The van der Waals surface area contributed by atoms with Gasteiger partial charge in [-0.1, -0.05) is 217 Å². The van der Waals surface area contributed by atoms with Crippen molar-refractivity contribution in [3.05, 3.63) is 260 Å². The van der Waals surface area contributed by atoms with Crippen LogP contribution >= 0.6 is 0 Å². The van der Waals surface area contributed by atoms with Crippen LogP contribution in [0.25, 0.3) is 126 Å². The minimum Gasteiger partial charge on any atom is -0.455 e. The molecule has 0 amide bonds. The number of hydrogen-bond donors (Lipinski definition) is 0. The molecule has 0 radical (unpaired) electrons. The second-order valence-electron chi connectivity index (χ2n) is 20.8. The zero-order valence-corrected chi connectivity index (χ0v) is 42.5. The molecule has 13 aromatic carbocycles. The number of hydrogen-bond acceptors (Lipinski definition) is 1. The monoisotopic (exact) mass is 969 g/mol. The normalized spacial score (nSPS) is 13.0. The maximum atomic E-state index is 6.77. The van der Waals surface area contributed by atoms with Gasteiger partial charge in [0.2, 0.25) is 0 Å². The lowest BCUT2D eigenvalue weighted by Gasteiger charge is -2.32. The van der Waals surface area contributed by atoms with Crippen molar-refractivity contribution in [2.75, 3.05) is 0 Å². The van der Waals surface area contributed by atoms with Crippen LogP contribution in [0, 0.1) is 13.8 Å². The number of nitrogens with zero attached hydrogens (tertiary/aromatic N) is 1. The third kappa shape index (κ3) is 5.96. The summed E-state index contributed by atoms with van der Waals surface area (Å²) in [5.41, 5.74) is 15.0. The average Bonchev–Trinajstić information content (AvgIpc) is 4.31. The van der Waals surface area contributed by atoms with E-state index in [1.165, 1.54) is 108 Å². The molecular weight excluding hydrogens is 923 g/mol. The molecule has 0 fully saturated rings. The van der Waals surface area contributed by atoms with E-state index in [9.17, 15) is 0 Å². The predicted molar refractivity (Wildman–Crippen MR) is 321 cm³/mol. The van der Waals surface area contributed by atoms with Gasteiger partial charge in [0.1, 0.15) is 11.2 Å². The van der Waals surface area contributed by atoms with Crippen molar-refractivity contribution in [3.63, 3.8) is 0 Å². The third-order valence-electron chi connectivity index (χ3n) is 16.8. The van der Waals surface area contributed by atoms with Gasteiger partial charge < -0.3 is 8.98 Å². The average molecular weight is 970 g/mol. The summed E-state index contributed by atoms with van der Waals surface area (Å²) in [6, 6.07) is 94.0. The molecule has 0 N–H and O–H groups in total. The fraction of sp³-hybridized carbons (Fsp3) is 0.0278. The molecule has 2 aromatic heterocycles. The highest BCUT2D eigenvalue weighted by atomic mass is 28.3. The van der Waals surface area contributed by atoms with Crippen molar-refractivity contribution in [2.24, 2.45) is 0 Å². The Hall–Kier alpha value is -9.28. The van der Waals surface area contributed by atoms with Crippen LogP contribution in [0.2, 0.25) is 0 Å². The highest BCUT2D eigenvalue weighted by molar-refractivity contribution is 7.22. The first-order valence-corrected chi connectivity index (χ1v) is 28.1. The molecule has 2 nitrogen and oxygen atoms in total. The van der Waals surface area contributed by atoms with E-state index in [0.717, 1.165) is 49.9 Å². The van der Waals surface area contributed by atoms with E-state index in [1.807, 2.05) is 0 Å². The molecule has 1 aliphatic rings. The van der Waals surface area contributed by atoms with Gasteiger partial charge in [-0.05, 0) is 148 Å². The minimum atomic E-state index is -2.88. The van der Waals surface area contributed by atoms with E-state index in [-0.39, 0.29) is 0 Å². The number of fused-ring (bicyclic) bond motifs is 18. The van der Waals surface area contributed by atoms with E-state index in [1.54, 1.807) is 0 Å². The highest BCUT2D eigenvalue weighted by Gasteiger charge is 2.50. The SMILES string of the molecule is Cc1ccc([Si]2(c3ccc(C)cc3)c3ccc4ccccc4c3-c3c2ccc2c4ccccc4c4cc(-c5cc(-c6cccc7c6oc6ccccc67)cc(-n6c7ccccc7c7ccccc76)c5)ccc4c32)cc1. The maximum Gasteiger partial charge on any atom is 0.180 e. The molecule has 16 rings (SSSR count). The molecule has 0 aliphatic carbocycles. The maximum absolute atomic E-state index is 6.77. The largest absolute Gasteiger partial charge is 0.455 e. The Kier molecular flexibility index (Phi) is 8.93. The quantitative estimate of drug-likeness (QED) is 0.124. The Balaban J connectivity index is 1.01. The Morgan fingerprint density at radius 3 is 1.61 bits per heavy atom. The van der Waals surface area contributed by atoms with Crippen molar-refractivity contribution < 1.29 is 4.42 Å². The van der Waals surface area contributed by atoms with Gasteiger partial charge in [0.15, 0.2) is 8.07 Å². The number of benzene rings is 13. The lowest BCUT2D eigenvalue weighted by Crippen LogP contribution is -2.72. The standard InChI is InChI=1S/C72H47NOSi/c1-44-26-32-51(33-27-44)75(52-34-28-45(2)29-35-52)67-38-31-46-14-3-4-15-53(46)70(67)71-68(75)39-37-60-55-16-5-6-17-56(55)63-43-47(30-36-61(63)69(60)71)48-40-49(54-21-13-22-62-59-20-9-12-25-66(59)74-72(54)62)42-50(41-48)73-64-23-10-7-18-57(64)58-19-8-11-24-65(58)73/h3-43H,1-2H3. The lowest BCUT2D eigenvalue weighted by molar-refractivity contribution is 0.670. The second-order valence-corrected chi connectivity index (χ2v) is 24.6. The Morgan fingerprint density at radius 2 is 0.893 bits per heavy atom. The Labute approximate surface area is 435 Å². The number of furan rings is 1. The van der Waals surface area contributed by atoms with Crippen LogP contribution < -0.4 is 20.7 Å². The van der Waals surface area contributed by atoms with Crippen molar-refractivity contribution >= 4 is 116 Å². The summed E-state index contributed by atoms with van der Waals surface area (Å²) in [5.74, 6) is 0. The van der Waals surface area contributed by atoms with E-state index >= 15 is 0 Å². The van der Waals surface area contributed by atoms with Gasteiger partial charge in [0, 0.05) is 32.8 Å². The topological polar surface area (TPSA) is 18.1 Å². The van der Waals surface area contributed by atoms with Crippen molar-refractivity contribution in [1.29, 1.82) is 0 Å². The van der Waals surface area contributed by atoms with Gasteiger partial charge in [-0.3, -0.25) is 0 Å². The van der Waals surface area contributed by atoms with Crippen LogP contribution in [-0.4, -0.2) is 12.6 Å².